The van der Waals surface area contributed by atoms with Crippen molar-refractivity contribution in [2.45, 2.75) is 24.8 Å². The fraction of sp³-hybridized carbons (Fsp3) is 0.357. The number of aromatic nitrogens is 3. The number of aryl methyl sites for hydroxylation is 2. The van der Waals surface area contributed by atoms with E-state index in [4.69, 9.17) is 10.00 Å². The number of hydrogen-bond acceptors (Lipinski definition) is 6. The molecule has 3 rings (SSSR count). The van der Waals surface area contributed by atoms with Gasteiger partial charge in [0.15, 0.2) is 0 Å². The van der Waals surface area contributed by atoms with Gasteiger partial charge in [0, 0.05) is 12.3 Å². The van der Waals surface area contributed by atoms with Crippen molar-refractivity contribution in [1.82, 2.24) is 19.5 Å². The average molecular weight is 333 g/mol. The van der Waals surface area contributed by atoms with E-state index in [0.29, 0.717) is 22.8 Å². The summed E-state index contributed by atoms with van der Waals surface area (Å²) < 4.78 is 32.1. The molecule has 0 radical (unpaired) electrons. The molecule has 120 valence electrons. The van der Waals surface area contributed by atoms with Gasteiger partial charge in [-0.1, -0.05) is 0 Å². The van der Waals surface area contributed by atoms with Crippen LogP contribution < -0.4 is 4.74 Å². The van der Waals surface area contributed by atoms with Crippen LogP contribution in [-0.2, 0) is 10.0 Å². The first-order valence-corrected chi connectivity index (χ1v) is 8.40. The number of hydrogen-bond donors (Lipinski definition) is 1. The monoisotopic (exact) mass is 333 g/mol. The van der Waals surface area contributed by atoms with E-state index in [1.54, 1.807) is 19.9 Å². The van der Waals surface area contributed by atoms with Gasteiger partial charge in [-0.3, -0.25) is 5.10 Å². The summed E-state index contributed by atoms with van der Waals surface area (Å²) in [5, 5.41) is 15.5. The Labute approximate surface area is 133 Å². The lowest BCUT2D eigenvalue weighted by Crippen LogP contribution is -2.56. The molecule has 8 nitrogen and oxygen atoms in total. The number of pyridine rings is 1. The lowest BCUT2D eigenvalue weighted by molar-refractivity contribution is 0.0720. The minimum atomic E-state index is -3.57. The van der Waals surface area contributed by atoms with Crippen molar-refractivity contribution in [2.24, 2.45) is 0 Å². The molecule has 0 aliphatic carbocycles. The van der Waals surface area contributed by atoms with Crippen molar-refractivity contribution in [3.63, 3.8) is 0 Å². The molecule has 1 N–H and O–H groups in total. The highest BCUT2D eigenvalue weighted by Gasteiger charge is 2.40. The molecular formula is C14H15N5O3S. The summed E-state index contributed by atoms with van der Waals surface area (Å²) >= 11 is 0. The van der Waals surface area contributed by atoms with E-state index in [1.807, 2.05) is 6.07 Å². The van der Waals surface area contributed by atoms with Gasteiger partial charge in [0.05, 0.1) is 36.1 Å². The molecule has 1 aliphatic heterocycles. The van der Waals surface area contributed by atoms with Crippen LogP contribution in [0.2, 0.25) is 0 Å². The van der Waals surface area contributed by atoms with E-state index in [0.717, 1.165) is 0 Å². The molecule has 3 heterocycles. The van der Waals surface area contributed by atoms with Crippen LogP contribution in [0.5, 0.6) is 5.88 Å². The van der Waals surface area contributed by atoms with E-state index in [-0.39, 0.29) is 24.1 Å². The summed E-state index contributed by atoms with van der Waals surface area (Å²) in [5.74, 6) is 0.321. The van der Waals surface area contributed by atoms with Crippen molar-refractivity contribution in [3.8, 4) is 11.9 Å². The van der Waals surface area contributed by atoms with Crippen molar-refractivity contribution in [1.29, 1.82) is 5.26 Å². The molecule has 2 aromatic rings. The fourth-order valence-electron chi connectivity index (χ4n) is 2.44. The number of ether oxygens (including phenoxy) is 1. The molecule has 23 heavy (non-hydrogen) atoms. The predicted molar refractivity (Wildman–Crippen MR) is 80.2 cm³/mol. The molecule has 1 aliphatic rings. The first kappa shape index (κ1) is 15.5. The molecule has 0 spiro atoms. The van der Waals surface area contributed by atoms with Crippen molar-refractivity contribution < 1.29 is 13.2 Å². The van der Waals surface area contributed by atoms with Gasteiger partial charge in [-0.15, -0.1) is 0 Å². The second-order valence-corrected chi connectivity index (χ2v) is 7.19. The first-order valence-electron chi connectivity index (χ1n) is 6.96. The molecule has 1 saturated heterocycles. The largest absolute Gasteiger partial charge is 0.471 e. The van der Waals surface area contributed by atoms with Crippen molar-refractivity contribution in [3.05, 3.63) is 35.3 Å². The molecule has 9 heteroatoms. The second kappa shape index (κ2) is 5.64. The maximum Gasteiger partial charge on any atom is 0.246 e. The standard InChI is InChI=1S/C14H15N5O3S/c1-9-14(10(2)18-17-9)23(20,21)19-7-12(8-19)22-13-5-11(6-15)3-4-16-13/h3-5,12H,7-8H2,1-2H3,(H,17,18). The normalized spacial score (nSPS) is 15.9. The maximum atomic E-state index is 12.6. The van der Waals surface area contributed by atoms with Crippen LogP contribution in [0.15, 0.2) is 23.2 Å². The smallest absolute Gasteiger partial charge is 0.246 e. The van der Waals surface area contributed by atoms with Crippen LogP contribution in [0.25, 0.3) is 0 Å². The molecule has 2 aromatic heterocycles. The topological polar surface area (TPSA) is 112 Å². The quantitative estimate of drug-likeness (QED) is 0.883. The molecule has 0 saturated carbocycles. The van der Waals surface area contributed by atoms with Crippen LogP contribution in [0.4, 0.5) is 0 Å². The third kappa shape index (κ3) is 2.78. The SMILES string of the molecule is Cc1n[nH]c(C)c1S(=O)(=O)N1CC(Oc2cc(C#N)ccn2)C1. The highest BCUT2D eigenvalue weighted by molar-refractivity contribution is 7.89. The zero-order chi connectivity index (χ0) is 16.6. The highest BCUT2D eigenvalue weighted by atomic mass is 32.2. The summed E-state index contributed by atoms with van der Waals surface area (Å²) in [6.45, 7) is 3.81. The number of rotatable bonds is 4. The zero-order valence-corrected chi connectivity index (χ0v) is 13.5. The Morgan fingerprint density at radius 1 is 1.43 bits per heavy atom. The lowest BCUT2D eigenvalue weighted by atomic mass is 10.2. The lowest BCUT2D eigenvalue weighted by Gasteiger charge is -2.37. The van der Waals surface area contributed by atoms with Crippen LogP contribution in [0.1, 0.15) is 17.0 Å². The van der Waals surface area contributed by atoms with Gasteiger partial charge in [-0.2, -0.15) is 14.7 Å². The Morgan fingerprint density at radius 3 is 2.78 bits per heavy atom. The number of nitrogens with one attached hydrogen (secondary N) is 1. The van der Waals surface area contributed by atoms with E-state index in [9.17, 15) is 8.42 Å². The summed E-state index contributed by atoms with van der Waals surface area (Å²) in [5.41, 5.74) is 1.42. The number of H-pyrrole nitrogens is 1. The van der Waals surface area contributed by atoms with Crippen molar-refractivity contribution >= 4 is 10.0 Å². The molecule has 1 fully saturated rings. The van der Waals surface area contributed by atoms with Gasteiger partial charge in [-0.05, 0) is 19.9 Å². The Hall–Kier alpha value is -2.44. The van der Waals surface area contributed by atoms with Gasteiger partial charge in [0.1, 0.15) is 11.0 Å². The molecule has 0 unspecified atom stereocenters. The first-order chi connectivity index (χ1) is 10.9. The predicted octanol–water partition coefficient (Wildman–Crippen LogP) is 0.745. The van der Waals surface area contributed by atoms with Gasteiger partial charge in [0.25, 0.3) is 0 Å². The summed E-state index contributed by atoms with van der Waals surface area (Å²) in [7, 11) is -3.57. The van der Waals surface area contributed by atoms with Crippen LogP contribution >= 0.6 is 0 Å². The van der Waals surface area contributed by atoms with Gasteiger partial charge in [-0.25, -0.2) is 13.4 Å². The zero-order valence-electron chi connectivity index (χ0n) is 12.6. The molecular weight excluding hydrogens is 318 g/mol. The highest BCUT2D eigenvalue weighted by Crippen LogP contribution is 2.27. The van der Waals surface area contributed by atoms with Gasteiger partial charge in [0.2, 0.25) is 15.9 Å². The fourth-order valence-corrected chi connectivity index (χ4v) is 4.27. The Bertz CT molecular complexity index is 859. The average Bonchev–Trinajstić information content (AvgIpc) is 2.82. The van der Waals surface area contributed by atoms with E-state index in [1.165, 1.54) is 16.6 Å². The van der Waals surface area contributed by atoms with Gasteiger partial charge < -0.3 is 4.74 Å². The Morgan fingerprint density at radius 2 is 2.17 bits per heavy atom. The number of nitrogens with zero attached hydrogens (tertiary/aromatic N) is 4. The second-order valence-electron chi connectivity index (χ2n) is 5.32. The molecule has 0 amide bonds. The van der Waals surface area contributed by atoms with Crippen LogP contribution in [-0.4, -0.2) is 47.1 Å². The molecule has 0 atom stereocenters. The summed E-state index contributed by atoms with van der Waals surface area (Å²) in [6, 6.07) is 5.11. The van der Waals surface area contributed by atoms with Crippen LogP contribution in [0.3, 0.4) is 0 Å². The minimum Gasteiger partial charge on any atom is -0.471 e. The van der Waals surface area contributed by atoms with E-state index >= 15 is 0 Å². The van der Waals surface area contributed by atoms with Crippen LogP contribution in [0, 0.1) is 25.2 Å². The van der Waals surface area contributed by atoms with Gasteiger partial charge >= 0.3 is 0 Å². The maximum absolute atomic E-state index is 12.6. The third-order valence-electron chi connectivity index (χ3n) is 3.62. The Balaban J connectivity index is 1.68. The molecule has 0 bridgehead atoms. The number of sulfonamides is 1. The Kier molecular flexibility index (Phi) is 3.79. The number of aromatic amines is 1. The van der Waals surface area contributed by atoms with E-state index in [2.05, 4.69) is 15.2 Å². The molecule has 0 aromatic carbocycles. The summed E-state index contributed by atoms with van der Waals surface area (Å²) in [4.78, 5) is 4.24. The third-order valence-corrected chi connectivity index (χ3v) is 5.72. The minimum absolute atomic E-state index is 0.223. The van der Waals surface area contributed by atoms with E-state index < -0.39 is 10.0 Å². The number of nitriles is 1. The summed E-state index contributed by atoms with van der Waals surface area (Å²) in [6.07, 6.45) is 1.21. The van der Waals surface area contributed by atoms with Crippen molar-refractivity contribution in [2.75, 3.05) is 13.1 Å².